The Morgan fingerprint density at radius 2 is 1.75 bits per heavy atom. The van der Waals surface area contributed by atoms with Gasteiger partial charge in [-0.05, 0) is 29.7 Å². The molecule has 1 atom stereocenters. The lowest BCUT2D eigenvalue weighted by atomic mass is 10.1. The van der Waals surface area contributed by atoms with Crippen molar-refractivity contribution >= 4 is 22.6 Å². The van der Waals surface area contributed by atoms with Crippen LogP contribution in [0, 0.1) is 0 Å². The molecule has 1 aliphatic rings. The lowest BCUT2D eigenvalue weighted by Gasteiger charge is -2.08. The van der Waals surface area contributed by atoms with Crippen molar-refractivity contribution in [2.45, 2.75) is 18.6 Å². The molecule has 2 aromatic carbocycles. The van der Waals surface area contributed by atoms with Gasteiger partial charge in [0.25, 0.3) is 0 Å². The number of rotatable bonds is 3. The van der Waals surface area contributed by atoms with E-state index in [1.54, 1.807) is 0 Å². The fourth-order valence-corrected chi connectivity index (χ4v) is 3.16. The average molecular weight is 282 g/mol. The Morgan fingerprint density at radius 1 is 1.05 bits per heavy atom. The smallest absolute Gasteiger partial charge is 0.161 e. The summed E-state index contributed by atoms with van der Waals surface area (Å²) in [5, 5.41) is 5.08. The Kier molecular flexibility index (Phi) is 4.07. The summed E-state index contributed by atoms with van der Waals surface area (Å²) in [6.45, 7) is 3.15. The third-order valence-corrected chi connectivity index (χ3v) is 4.69. The first-order valence-corrected chi connectivity index (χ1v) is 7.86. The molecule has 2 aromatic rings. The molecule has 0 amide bonds. The Bertz CT molecular complexity index is 590. The molecule has 1 N–H and O–H groups in total. The summed E-state index contributed by atoms with van der Waals surface area (Å²) in [4.78, 5) is 4.53. The van der Waals surface area contributed by atoms with Gasteiger partial charge in [-0.2, -0.15) is 0 Å². The van der Waals surface area contributed by atoms with Crippen molar-refractivity contribution in [2.75, 3.05) is 11.9 Å². The summed E-state index contributed by atoms with van der Waals surface area (Å²) >= 11 is 1.84. The summed E-state index contributed by atoms with van der Waals surface area (Å²) in [6, 6.07) is 19.0. The molecule has 0 bridgehead atoms. The summed E-state index contributed by atoms with van der Waals surface area (Å²) in [6.07, 6.45) is 1.17. The van der Waals surface area contributed by atoms with Crippen LogP contribution in [0.2, 0.25) is 0 Å². The first-order chi connectivity index (χ1) is 9.85. The Balaban J connectivity index is 1.68. The fourth-order valence-electron chi connectivity index (χ4n) is 2.20. The maximum atomic E-state index is 4.53. The van der Waals surface area contributed by atoms with Gasteiger partial charge >= 0.3 is 0 Å². The van der Waals surface area contributed by atoms with Crippen LogP contribution in [0.3, 0.4) is 0 Å². The van der Waals surface area contributed by atoms with Crippen molar-refractivity contribution in [3.63, 3.8) is 0 Å². The second-order valence-corrected chi connectivity index (χ2v) is 6.15. The lowest BCUT2D eigenvalue weighted by Crippen LogP contribution is -2.06. The van der Waals surface area contributed by atoms with E-state index in [9.17, 15) is 0 Å². The first-order valence-electron chi connectivity index (χ1n) is 6.99. The first kappa shape index (κ1) is 13.3. The third-order valence-electron chi connectivity index (χ3n) is 3.42. The average Bonchev–Trinajstić information content (AvgIpc) is 2.97. The lowest BCUT2D eigenvalue weighted by molar-refractivity contribution is 0.843. The minimum Gasteiger partial charge on any atom is -0.335 e. The van der Waals surface area contributed by atoms with Gasteiger partial charge in [-0.25, -0.2) is 0 Å². The zero-order valence-electron chi connectivity index (χ0n) is 11.5. The second-order valence-electron chi connectivity index (χ2n) is 4.86. The summed E-state index contributed by atoms with van der Waals surface area (Å²) in [5.41, 5.74) is 3.59. The van der Waals surface area contributed by atoms with Gasteiger partial charge in [0.05, 0.1) is 6.54 Å². The van der Waals surface area contributed by atoms with E-state index in [1.165, 1.54) is 17.5 Å². The Hall–Kier alpha value is -1.74. The number of anilines is 1. The van der Waals surface area contributed by atoms with Crippen LogP contribution in [0.5, 0.6) is 0 Å². The minimum atomic E-state index is 0.640. The highest BCUT2D eigenvalue weighted by molar-refractivity contribution is 8.15. The molecule has 0 fully saturated rings. The van der Waals surface area contributed by atoms with E-state index < -0.39 is 0 Å². The molecular formula is C17H18N2S. The van der Waals surface area contributed by atoms with Gasteiger partial charge in [-0.3, -0.25) is 4.99 Å². The van der Waals surface area contributed by atoms with Gasteiger partial charge in [0.2, 0.25) is 0 Å². The highest BCUT2D eigenvalue weighted by Gasteiger charge is 2.17. The normalized spacial score (nSPS) is 17.9. The van der Waals surface area contributed by atoms with Crippen LogP contribution in [0.15, 0.2) is 59.6 Å². The van der Waals surface area contributed by atoms with Gasteiger partial charge in [-0.1, -0.05) is 61.2 Å². The topological polar surface area (TPSA) is 24.4 Å². The van der Waals surface area contributed by atoms with Gasteiger partial charge in [0.15, 0.2) is 5.17 Å². The van der Waals surface area contributed by atoms with Crippen LogP contribution in [-0.4, -0.2) is 17.0 Å². The van der Waals surface area contributed by atoms with E-state index in [0.29, 0.717) is 5.25 Å². The van der Waals surface area contributed by atoms with E-state index in [1.807, 2.05) is 17.8 Å². The van der Waals surface area contributed by atoms with Crippen LogP contribution in [-0.2, 0) is 0 Å². The van der Waals surface area contributed by atoms with Crippen molar-refractivity contribution in [1.29, 1.82) is 0 Å². The molecule has 0 radical (unpaired) electrons. The molecule has 0 aromatic heterocycles. The van der Waals surface area contributed by atoms with Gasteiger partial charge in [0, 0.05) is 10.9 Å². The largest absolute Gasteiger partial charge is 0.335 e. The number of hydrogen-bond donors (Lipinski definition) is 1. The SMILES string of the molecule is CCC1CN=C(Nc2ccc(-c3ccccc3)cc2)S1. The van der Waals surface area contributed by atoms with Crippen LogP contribution in [0.25, 0.3) is 11.1 Å². The Morgan fingerprint density at radius 3 is 2.40 bits per heavy atom. The van der Waals surface area contributed by atoms with Crippen molar-refractivity contribution in [3.8, 4) is 11.1 Å². The molecule has 0 saturated carbocycles. The molecule has 2 nitrogen and oxygen atoms in total. The van der Waals surface area contributed by atoms with Crippen molar-refractivity contribution in [1.82, 2.24) is 0 Å². The van der Waals surface area contributed by atoms with Crippen molar-refractivity contribution in [2.24, 2.45) is 4.99 Å². The number of aliphatic imine (C=N–C) groups is 1. The van der Waals surface area contributed by atoms with Gasteiger partial charge in [0.1, 0.15) is 0 Å². The van der Waals surface area contributed by atoms with Crippen molar-refractivity contribution in [3.05, 3.63) is 54.6 Å². The predicted octanol–water partition coefficient (Wildman–Crippen LogP) is 4.65. The quantitative estimate of drug-likeness (QED) is 0.886. The zero-order chi connectivity index (χ0) is 13.8. The number of hydrogen-bond acceptors (Lipinski definition) is 3. The Labute approximate surface area is 124 Å². The number of nitrogens with one attached hydrogen (secondary N) is 1. The van der Waals surface area contributed by atoms with Crippen LogP contribution < -0.4 is 5.32 Å². The third kappa shape index (κ3) is 3.05. The molecule has 1 aliphatic heterocycles. The molecule has 1 unspecified atom stereocenters. The fraction of sp³-hybridized carbons (Fsp3) is 0.235. The van der Waals surface area contributed by atoms with E-state index >= 15 is 0 Å². The van der Waals surface area contributed by atoms with E-state index in [2.05, 4.69) is 65.8 Å². The van der Waals surface area contributed by atoms with Crippen LogP contribution >= 0.6 is 11.8 Å². The second kappa shape index (κ2) is 6.14. The van der Waals surface area contributed by atoms with Crippen molar-refractivity contribution < 1.29 is 0 Å². The molecule has 3 heteroatoms. The van der Waals surface area contributed by atoms with E-state index in [-0.39, 0.29) is 0 Å². The monoisotopic (exact) mass is 282 g/mol. The zero-order valence-corrected chi connectivity index (χ0v) is 12.4. The van der Waals surface area contributed by atoms with E-state index in [4.69, 9.17) is 0 Å². The molecule has 1 heterocycles. The number of amidine groups is 1. The molecular weight excluding hydrogens is 264 g/mol. The summed E-state index contributed by atoms with van der Waals surface area (Å²) < 4.78 is 0. The summed E-state index contributed by atoms with van der Waals surface area (Å²) in [7, 11) is 0. The molecule has 0 aliphatic carbocycles. The highest BCUT2D eigenvalue weighted by atomic mass is 32.2. The summed E-state index contributed by atoms with van der Waals surface area (Å²) in [5.74, 6) is 0. The maximum absolute atomic E-state index is 4.53. The molecule has 20 heavy (non-hydrogen) atoms. The minimum absolute atomic E-state index is 0.640. The molecule has 3 rings (SSSR count). The van der Waals surface area contributed by atoms with Crippen LogP contribution in [0.1, 0.15) is 13.3 Å². The van der Waals surface area contributed by atoms with Crippen LogP contribution in [0.4, 0.5) is 5.69 Å². The molecule has 0 spiro atoms. The molecule has 0 saturated heterocycles. The number of nitrogens with zero attached hydrogens (tertiary/aromatic N) is 1. The standard InChI is InChI=1S/C17H18N2S/c1-2-16-12-18-17(20-16)19-15-10-8-14(9-11-15)13-6-4-3-5-7-13/h3-11,16H,2,12H2,1H3,(H,18,19). The number of benzene rings is 2. The highest BCUT2D eigenvalue weighted by Crippen LogP contribution is 2.26. The van der Waals surface area contributed by atoms with E-state index in [0.717, 1.165) is 17.4 Å². The number of thioether (sulfide) groups is 1. The maximum Gasteiger partial charge on any atom is 0.161 e. The molecule has 102 valence electrons. The van der Waals surface area contributed by atoms with Gasteiger partial charge in [-0.15, -0.1) is 0 Å². The van der Waals surface area contributed by atoms with Gasteiger partial charge < -0.3 is 5.32 Å². The predicted molar refractivity (Wildman–Crippen MR) is 89.5 cm³/mol.